The highest BCUT2D eigenvalue weighted by atomic mass is 16.6. The van der Waals surface area contributed by atoms with Crippen molar-refractivity contribution in [3.63, 3.8) is 0 Å². The van der Waals surface area contributed by atoms with Crippen LogP contribution < -0.4 is 0 Å². The van der Waals surface area contributed by atoms with E-state index < -0.39 is 24.4 Å². The molecule has 1 aliphatic heterocycles. The molecule has 0 unspecified atom stereocenters. The van der Waals surface area contributed by atoms with E-state index in [1.54, 1.807) is 0 Å². The smallest absolute Gasteiger partial charge is 0.115 e. The van der Waals surface area contributed by atoms with E-state index in [9.17, 15) is 10.2 Å². The first-order chi connectivity index (χ1) is 12.3. The normalized spacial score (nSPS) is 26.0. The standard InChI is InChI=1S/C20H24O5/c21-11-17-19(23-13-15-7-3-1-4-8-15)20(18(12-22)25-17)24-14-16-9-5-2-6-10-16/h1-10,17-22H,11-14H2/t17-,18-,19-,20-/m0/s1. The fourth-order valence-corrected chi connectivity index (χ4v) is 3.03. The number of hydrogen-bond acceptors (Lipinski definition) is 5. The van der Waals surface area contributed by atoms with Crippen molar-refractivity contribution in [2.24, 2.45) is 0 Å². The van der Waals surface area contributed by atoms with Gasteiger partial charge in [0.15, 0.2) is 0 Å². The number of hydrogen-bond donors (Lipinski definition) is 2. The van der Waals surface area contributed by atoms with Gasteiger partial charge >= 0.3 is 0 Å². The van der Waals surface area contributed by atoms with Crippen molar-refractivity contribution in [1.82, 2.24) is 0 Å². The van der Waals surface area contributed by atoms with Gasteiger partial charge in [-0.1, -0.05) is 60.7 Å². The molecule has 5 nitrogen and oxygen atoms in total. The summed E-state index contributed by atoms with van der Waals surface area (Å²) in [6.45, 7) is 0.436. The second-order valence-electron chi connectivity index (χ2n) is 6.10. The van der Waals surface area contributed by atoms with Crippen LogP contribution in [0.4, 0.5) is 0 Å². The van der Waals surface area contributed by atoms with Gasteiger partial charge in [0, 0.05) is 0 Å². The van der Waals surface area contributed by atoms with Crippen LogP contribution in [0.25, 0.3) is 0 Å². The zero-order valence-corrected chi connectivity index (χ0v) is 14.0. The molecule has 4 atom stereocenters. The molecule has 134 valence electrons. The molecular formula is C20H24O5. The second kappa shape index (κ2) is 9.08. The van der Waals surface area contributed by atoms with Gasteiger partial charge in [0.2, 0.25) is 0 Å². The zero-order chi connectivity index (χ0) is 17.5. The fourth-order valence-electron chi connectivity index (χ4n) is 3.03. The molecule has 2 N–H and O–H groups in total. The largest absolute Gasteiger partial charge is 0.394 e. The Kier molecular flexibility index (Phi) is 6.55. The quantitative estimate of drug-likeness (QED) is 0.766. The molecule has 1 aliphatic rings. The number of benzene rings is 2. The summed E-state index contributed by atoms with van der Waals surface area (Å²) in [6.07, 6.45) is -1.90. The first-order valence-corrected chi connectivity index (χ1v) is 8.50. The molecule has 2 aromatic carbocycles. The molecule has 0 aromatic heterocycles. The molecule has 0 radical (unpaired) electrons. The van der Waals surface area contributed by atoms with Crippen LogP contribution >= 0.6 is 0 Å². The van der Waals surface area contributed by atoms with E-state index >= 15 is 0 Å². The minimum absolute atomic E-state index is 0.179. The van der Waals surface area contributed by atoms with E-state index in [0.717, 1.165) is 11.1 Å². The first-order valence-electron chi connectivity index (χ1n) is 8.50. The SMILES string of the molecule is OC[C@@H]1O[C@@H](CO)[C@H](OCc2ccccc2)[C@H]1OCc1ccccc1. The van der Waals surface area contributed by atoms with Crippen molar-refractivity contribution < 1.29 is 24.4 Å². The average molecular weight is 344 g/mol. The highest BCUT2D eigenvalue weighted by Crippen LogP contribution is 2.28. The summed E-state index contributed by atoms with van der Waals surface area (Å²) >= 11 is 0. The van der Waals surface area contributed by atoms with E-state index in [4.69, 9.17) is 14.2 Å². The van der Waals surface area contributed by atoms with Crippen LogP contribution in [-0.2, 0) is 27.4 Å². The number of rotatable bonds is 8. The van der Waals surface area contributed by atoms with Crippen molar-refractivity contribution in [3.8, 4) is 0 Å². The molecule has 5 heteroatoms. The first kappa shape index (κ1) is 18.0. The van der Waals surface area contributed by atoms with Gasteiger partial charge in [-0.3, -0.25) is 0 Å². The van der Waals surface area contributed by atoms with Crippen LogP contribution in [0.2, 0.25) is 0 Å². The third-order valence-corrected chi connectivity index (χ3v) is 4.34. The fraction of sp³-hybridized carbons (Fsp3) is 0.400. The van der Waals surface area contributed by atoms with Gasteiger partial charge in [0.25, 0.3) is 0 Å². The molecule has 0 bridgehead atoms. The van der Waals surface area contributed by atoms with E-state index in [0.29, 0.717) is 13.2 Å². The third-order valence-electron chi connectivity index (χ3n) is 4.34. The van der Waals surface area contributed by atoms with Crippen LogP contribution in [-0.4, -0.2) is 47.8 Å². The minimum Gasteiger partial charge on any atom is -0.394 e. The Morgan fingerprint density at radius 2 is 1.08 bits per heavy atom. The van der Waals surface area contributed by atoms with E-state index in [-0.39, 0.29) is 13.2 Å². The highest BCUT2D eigenvalue weighted by molar-refractivity contribution is 5.14. The lowest BCUT2D eigenvalue weighted by Gasteiger charge is -2.24. The van der Waals surface area contributed by atoms with Crippen molar-refractivity contribution in [2.45, 2.75) is 37.6 Å². The van der Waals surface area contributed by atoms with Gasteiger partial charge in [-0.15, -0.1) is 0 Å². The Balaban J connectivity index is 1.66. The summed E-state index contributed by atoms with van der Waals surface area (Å²) in [6, 6.07) is 19.6. The van der Waals surface area contributed by atoms with Crippen molar-refractivity contribution >= 4 is 0 Å². The molecule has 25 heavy (non-hydrogen) atoms. The molecule has 0 aliphatic carbocycles. The lowest BCUT2D eigenvalue weighted by atomic mass is 10.1. The molecule has 2 aromatic rings. The Bertz CT molecular complexity index is 563. The lowest BCUT2D eigenvalue weighted by Crippen LogP contribution is -2.39. The lowest BCUT2D eigenvalue weighted by molar-refractivity contribution is -0.0856. The Labute approximate surface area is 147 Å². The topological polar surface area (TPSA) is 68.2 Å². The molecule has 0 amide bonds. The van der Waals surface area contributed by atoms with Crippen molar-refractivity contribution in [2.75, 3.05) is 13.2 Å². The number of aliphatic hydroxyl groups is 2. The Morgan fingerprint density at radius 1 is 0.680 bits per heavy atom. The van der Waals surface area contributed by atoms with E-state index in [1.807, 2.05) is 60.7 Å². The maximum absolute atomic E-state index is 9.61. The molecule has 1 saturated heterocycles. The molecule has 3 rings (SSSR count). The minimum atomic E-state index is -0.512. The van der Waals surface area contributed by atoms with Gasteiger partial charge in [-0.05, 0) is 11.1 Å². The van der Waals surface area contributed by atoms with Gasteiger partial charge < -0.3 is 24.4 Å². The summed E-state index contributed by atoms with van der Waals surface area (Å²) in [5, 5.41) is 19.2. The van der Waals surface area contributed by atoms with Gasteiger partial charge in [-0.2, -0.15) is 0 Å². The molecule has 0 saturated carbocycles. The van der Waals surface area contributed by atoms with Gasteiger partial charge in [-0.25, -0.2) is 0 Å². The summed E-state index contributed by atoms with van der Waals surface area (Å²) in [4.78, 5) is 0. The summed E-state index contributed by atoms with van der Waals surface area (Å²) in [5.74, 6) is 0. The monoisotopic (exact) mass is 344 g/mol. The van der Waals surface area contributed by atoms with Crippen LogP contribution in [0.1, 0.15) is 11.1 Å². The van der Waals surface area contributed by atoms with E-state index in [1.165, 1.54) is 0 Å². The summed E-state index contributed by atoms with van der Waals surface area (Å²) in [5.41, 5.74) is 2.07. The Morgan fingerprint density at radius 3 is 1.44 bits per heavy atom. The maximum Gasteiger partial charge on any atom is 0.115 e. The molecular weight excluding hydrogens is 320 g/mol. The molecule has 0 spiro atoms. The van der Waals surface area contributed by atoms with Gasteiger partial charge in [0.05, 0.1) is 26.4 Å². The van der Waals surface area contributed by atoms with Gasteiger partial charge in [0.1, 0.15) is 24.4 Å². The summed E-state index contributed by atoms with van der Waals surface area (Å²) < 4.78 is 17.7. The van der Waals surface area contributed by atoms with Crippen LogP contribution in [0.15, 0.2) is 60.7 Å². The van der Waals surface area contributed by atoms with E-state index in [2.05, 4.69) is 0 Å². The molecule has 1 fully saturated rings. The van der Waals surface area contributed by atoms with Crippen molar-refractivity contribution in [1.29, 1.82) is 0 Å². The van der Waals surface area contributed by atoms with Crippen molar-refractivity contribution in [3.05, 3.63) is 71.8 Å². The predicted octanol–water partition coefficient (Wildman–Crippen LogP) is 1.91. The molecule has 1 heterocycles. The zero-order valence-electron chi connectivity index (χ0n) is 14.0. The van der Waals surface area contributed by atoms with Crippen LogP contribution in [0.5, 0.6) is 0 Å². The highest BCUT2D eigenvalue weighted by Gasteiger charge is 2.45. The number of ether oxygens (including phenoxy) is 3. The van der Waals surface area contributed by atoms with Crippen LogP contribution in [0.3, 0.4) is 0 Å². The number of aliphatic hydroxyl groups excluding tert-OH is 2. The van der Waals surface area contributed by atoms with Crippen LogP contribution in [0, 0.1) is 0 Å². The summed E-state index contributed by atoms with van der Waals surface area (Å²) in [7, 11) is 0. The third kappa shape index (κ3) is 4.66. The predicted molar refractivity (Wildman–Crippen MR) is 92.9 cm³/mol. The Hall–Kier alpha value is -1.76. The maximum atomic E-state index is 9.61. The second-order valence-corrected chi connectivity index (χ2v) is 6.10. The average Bonchev–Trinajstić information content (AvgIpc) is 3.03.